The van der Waals surface area contributed by atoms with Crippen LogP contribution >= 0.6 is 0 Å². The van der Waals surface area contributed by atoms with Gasteiger partial charge in [0, 0.05) is 51.4 Å². The first-order chi connectivity index (χ1) is 14.1. The van der Waals surface area contributed by atoms with Gasteiger partial charge in [0.1, 0.15) is 6.17 Å². The molecule has 6 unspecified atom stereocenters. The zero-order valence-electron chi connectivity index (χ0n) is 17.0. The average Bonchev–Trinajstić information content (AvgIpc) is 3.30. The van der Waals surface area contributed by atoms with Gasteiger partial charge >= 0.3 is 0 Å². The van der Waals surface area contributed by atoms with Crippen molar-refractivity contribution in [1.82, 2.24) is 36.2 Å². The van der Waals surface area contributed by atoms with Crippen molar-refractivity contribution in [3.8, 4) is 0 Å². The fraction of sp³-hybridized carbons (Fsp3) is 0.947. The van der Waals surface area contributed by atoms with E-state index < -0.39 is 18.3 Å². The highest BCUT2D eigenvalue weighted by Crippen LogP contribution is 2.26. The third kappa shape index (κ3) is 3.91. The first kappa shape index (κ1) is 20.0. The Hall–Kier alpha value is -0.880. The quantitative estimate of drug-likeness (QED) is 0.351. The second-order valence-electron chi connectivity index (χ2n) is 9.29. The summed E-state index contributed by atoms with van der Waals surface area (Å²) in [7, 11) is 0. The van der Waals surface area contributed by atoms with E-state index in [1.165, 1.54) is 19.4 Å². The van der Waals surface area contributed by atoms with Crippen molar-refractivity contribution >= 4 is 5.91 Å². The number of piperidine rings is 1. The Bertz CT molecular complexity index is 611. The summed E-state index contributed by atoms with van der Waals surface area (Å²) in [5, 5.41) is 11.6. The maximum atomic E-state index is 13.7. The van der Waals surface area contributed by atoms with E-state index in [0.717, 1.165) is 39.1 Å². The van der Waals surface area contributed by atoms with Crippen LogP contribution in [0.1, 0.15) is 19.3 Å². The van der Waals surface area contributed by atoms with E-state index in [0.29, 0.717) is 12.1 Å². The van der Waals surface area contributed by atoms with Crippen LogP contribution in [0.3, 0.4) is 0 Å². The SMILES string of the molecule is NC1NN2CC(F)CNC2C1C(=O)NC1CNCCC1N1CCN2CCC[C@H]2C1. The van der Waals surface area contributed by atoms with Crippen LogP contribution < -0.4 is 27.1 Å². The number of fused-ring (bicyclic) bond motifs is 2. The summed E-state index contributed by atoms with van der Waals surface area (Å²) in [6.45, 7) is 6.85. The number of rotatable bonds is 3. The molecule has 1 amide bonds. The van der Waals surface area contributed by atoms with Crippen LogP contribution in [-0.4, -0.2) is 110 Å². The lowest BCUT2D eigenvalue weighted by atomic mass is 9.95. The molecule has 0 saturated carbocycles. The van der Waals surface area contributed by atoms with Gasteiger partial charge in [0.05, 0.1) is 24.3 Å². The van der Waals surface area contributed by atoms with E-state index in [1.54, 1.807) is 5.01 Å². The van der Waals surface area contributed by atoms with Crippen LogP contribution in [0.25, 0.3) is 0 Å². The highest BCUT2D eigenvalue weighted by Gasteiger charge is 2.48. The Kier molecular flexibility index (Phi) is 5.76. The summed E-state index contributed by atoms with van der Waals surface area (Å²) >= 11 is 0. The summed E-state index contributed by atoms with van der Waals surface area (Å²) in [5.41, 5.74) is 9.29. The van der Waals surface area contributed by atoms with Gasteiger partial charge < -0.3 is 16.4 Å². The van der Waals surface area contributed by atoms with E-state index in [-0.39, 0.29) is 31.2 Å². The van der Waals surface area contributed by atoms with Crippen molar-refractivity contribution in [3.63, 3.8) is 0 Å². The van der Waals surface area contributed by atoms with E-state index in [9.17, 15) is 9.18 Å². The highest BCUT2D eigenvalue weighted by atomic mass is 19.1. The molecular formula is C19H35FN8O. The van der Waals surface area contributed by atoms with Crippen LogP contribution in [0.15, 0.2) is 0 Å². The van der Waals surface area contributed by atoms with Crippen LogP contribution in [0, 0.1) is 5.92 Å². The number of nitrogens with one attached hydrogen (secondary N) is 4. The number of hydrogen-bond donors (Lipinski definition) is 5. The minimum absolute atomic E-state index is 0.0412. The lowest BCUT2D eigenvalue weighted by Gasteiger charge is -2.46. The topological polar surface area (TPSA) is 101 Å². The van der Waals surface area contributed by atoms with Crippen LogP contribution in [0.5, 0.6) is 0 Å². The molecule has 7 atom stereocenters. The maximum Gasteiger partial charge on any atom is 0.229 e. The number of alkyl halides is 1. The van der Waals surface area contributed by atoms with Crippen LogP contribution in [-0.2, 0) is 4.79 Å². The molecule has 5 saturated heterocycles. The lowest BCUT2D eigenvalue weighted by Crippen LogP contribution is -2.65. The zero-order valence-corrected chi connectivity index (χ0v) is 17.0. The van der Waals surface area contributed by atoms with Gasteiger partial charge in [-0.2, -0.15) is 0 Å². The molecular weight excluding hydrogens is 375 g/mol. The molecule has 5 rings (SSSR count). The number of hydrogen-bond acceptors (Lipinski definition) is 8. The zero-order chi connectivity index (χ0) is 20.0. The molecule has 0 spiro atoms. The van der Waals surface area contributed by atoms with Crippen molar-refractivity contribution in [3.05, 3.63) is 0 Å². The summed E-state index contributed by atoms with van der Waals surface area (Å²) in [6.07, 6.45) is 1.93. The van der Waals surface area contributed by atoms with Crippen molar-refractivity contribution in [2.24, 2.45) is 11.7 Å². The Morgan fingerprint density at radius 2 is 1.97 bits per heavy atom. The first-order valence-corrected chi connectivity index (χ1v) is 11.2. The molecule has 0 aromatic rings. The third-order valence-electron chi connectivity index (χ3n) is 7.48. The third-order valence-corrected chi connectivity index (χ3v) is 7.48. The molecule has 9 nitrogen and oxygen atoms in total. The van der Waals surface area contributed by atoms with Gasteiger partial charge in [-0.3, -0.25) is 19.9 Å². The molecule has 0 bridgehead atoms. The monoisotopic (exact) mass is 410 g/mol. The van der Waals surface area contributed by atoms with Crippen LogP contribution in [0.2, 0.25) is 0 Å². The molecule has 164 valence electrons. The normalized spacial score (nSPS) is 44.4. The van der Waals surface area contributed by atoms with Gasteiger partial charge in [-0.25, -0.2) is 14.8 Å². The summed E-state index contributed by atoms with van der Waals surface area (Å²) in [6, 6.07) is 1.11. The molecule has 5 fully saturated rings. The molecule has 0 aromatic heterocycles. The van der Waals surface area contributed by atoms with Crippen molar-refractivity contribution in [2.75, 3.05) is 52.4 Å². The maximum absolute atomic E-state index is 13.7. The number of amides is 1. The Balaban J connectivity index is 1.24. The minimum atomic E-state index is -0.950. The van der Waals surface area contributed by atoms with Gasteiger partial charge in [0.15, 0.2) is 0 Å². The molecule has 0 aromatic carbocycles. The van der Waals surface area contributed by atoms with Gasteiger partial charge in [-0.05, 0) is 32.4 Å². The number of piperazine rings is 1. The predicted octanol–water partition coefficient (Wildman–Crippen LogP) is -2.40. The molecule has 6 N–H and O–H groups in total. The van der Waals surface area contributed by atoms with Crippen molar-refractivity contribution < 1.29 is 9.18 Å². The Morgan fingerprint density at radius 1 is 1.10 bits per heavy atom. The molecule has 5 heterocycles. The van der Waals surface area contributed by atoms with Crippen molar-refractivity contribution in [2.45, 2.75) is 55.9 Å². The second kappa shape index (κ2) is 8.33. The smallest absolute Gasteiger partial charge is 0.229 e. The van der Waals surface area contributed by atoms with E-state index in [2.05, 4.69) is 31.2 Å². The number of nitrogens with two attached hydrogens (primary N) is 1. The minimum Gasteiger partial charge on any atom is -0.350 e. The van der Waals surface area contributed by atoms with E-state index >= 15 is 0 Å². The number of carbonyl (C=O) groups excluding carboxylic acids is 1. The molecule has 5 aliphatic rings. The molecule has 0 radical (unpaired) electrons. The molecule has 0 aliphatic carbocycles. The lowest BCUT2D eigenvalue weighted by molar-refractivity contribution is -0.128. The first-order valence-electron chi connectivity index (χ1n) is 11.2. The van der Waals surface area contributed by atoms with Crippen LogP contribution in [0.4, 0.5) is 4.39 Å². The molecule has 5 aliphatic heterocycles. The highest BCUT2D eigenvalue weighted by molar-refractivity contribution is 5.81. The Morgan fingerprint density at radius 3 is 2.86 bits per heavy atom. The number of carbonyl (C=O) groups is 1. The fourth-order valence-corrected chi connectivity index (χ4v) is 6.00. The summed E-state index contributed by atoms with van der Waals surface area (Å²) in [4.78, 5) is 18.4. The molecule has 29 heavy (non-hydrogen) atoms. The second-order valence-corrected chi connectivity index (χ2v) is 9.29. The predicted molar refractivity (Wildman–Crippen MR) is 107 cm³/mol. The number of halogens is 1. The van der Waals surface area contributed by atoms with Crippen molar-refractivity contribution in [1.29, 1.82) is 0 Å². The standard InChI is InChI=1S/C19H35FN8O/c20-12-8-23-18-16(17(21)25-28(18)10-12)19(29)24-14-9-22-4-3-15(14)27-7-6-26-5-1-2-13(26)11-27/h12-18,22-23,25H,1-11,21H2,(H,24,29)/t12?,13-,14?,15?,16?,17?,18?/m0/s1. The Labute approximate surface area is 171 Å². The van der Waals surface area contributed by atoms with E-state index in [1.807, 2.05) is 0 Å². The fourth-order valence-electron chi connectivity index (χ4n) is 6.00. The van der Waals surface area contributed by atoms with Gasteiger partial charge in [0.25, 0.3) is 0 Å². The van der Waals surface area contributed by atoms with Gasteiger partial charge in [-0.1, -0.05) is 0 Å². The van der Waals surface area contributed by atoms with Gasteiger partial charge in [-0.15, -0.1) is 0 Å². The number of nitrogens with zero attached hydrogens (tertiary/aromatic N) is 3. The van der Waals surface area contributed by atoms with Gasteiger partial charge in [0.2, 0.25) is 5.91 Å². The largest absolute Gasteiger partial charge is 0.350 e. The summed E-state index contributed by atoms with van der Waals surface area (Å²) < 4.78 is 13.7. The summed E-state index contributed by atoms with van der Waals surface area (Å²) in [5.74, 6) is -0.475. The molecule has 10 heteroatoms. The number of hydrazine groups is 1. The average molecular weight is 411 g/mol. The van der Waals surface area contributed by atoms with E-state index in [4.69, 9.17) is 5.73 Å².